The van der Waals surface area contributed by atoms with Gasteiger partial charge < -0.3 is 20.4 Å². The fraction of sp³-hybridized carbons (Fsp3) is 0.714. The van der Waals surface area contributed by atoms with Crippen LogP contribution >= 0.6 is 0 Å². The highest BCUT2D eigenvalue weighted by Crippen LogP contribution is 2.28. The molecule has 0 spiro atoms. The van der Waals surface area contributed by atoms with E-state index in [0.717, 1.165) is 19.1 Å². The monoisotopic (exact) mass is 314 g/mol. The zero-order valence-corrected chi connectivity index (χ0v) is 12.5. The number of oxime groups is 1. The molecule has 0 aromatic rings. The molecule has 124 valence electrons. The molecular weight excluding hydrogens is 292 g/mol. The first-order chi connectivity index (χ1) is 10.5. The van der Waals surface area contributed by atoms with Gasteiger partial charge in [0, 0.05) is 6.54 Å². The van der Waals surface area contributed by atoms with E-state index in [1.165, 1.54) is 0 Å². The van der Waals surface area contributed by atoms with Gasteiger partial charge in [0.05, 0.1) is 18.7 Å². The Labute approximate surface area is 128 Å². The van der Waals surface area contributed by atoms with Crippen LogP contribution in [0.5, 0.6) is 0 Å². The lowest BCUT2D eigenvalue weighted by Gasteiger charge is -2.26. The number of nitrogens with zero attached hydrogens (tertiary/aromatic N) is 1. The average Bonchev–Trinajstić information content (AvgIpc) is 2.50. The molecular formula is C14H22N2O6. The van der Waals surface area contributed by atoms with Crippen LogP contribution in [0.15, 0.2) is 5.16 Å². The van der Waals surface area contributed by atoms with Gasteiger partial charge in [-0.3, -0.25) is 14.4 Å². The van der Waals surface area contributed by atoms with Crippen LogP contribution in [0.3, 0.4) is 0 Å². The Morgan fingerprint density at radius 3 is 2.45 bits per heavy atom. The van der Waals surface area contributed by atoms with Crippen molar-refractivity contribution >= 4 is 24.1 Å². The van der Waals surface area contributed by atoms with Crippen LogP contribution in [0.1, 0.15) is 32.6 Å². The molecule has 0 heterocycles. The fourth-order valence-corrected chi connectivity index (χ4v) is 2.50. The zero-order chi connectivity index (χ0) is 16.5. The number of carboxylic acid groups (broad SMARTS) is 1. The van der Waals surface area contributed by atoms with Gasteiger partial charge in [-0.15, -0.1) is 5.16 Å². The van der Waals surface area contributed by atoms with Crippen molar-refractivity contribution in [3.63, 3.8) is 0 Å². The van der Waals surface area contributed by atoms with Crippen LogP contribution < -0.4 is 5.32 Å². The number of carboxylic acids is 1. The minimum absolute atomic E-state index is 0.126. The Hall–Kier alpha value is -2.12. The maximum absolute atomic E-state index is 12.0. The summed E-state index contributed by atoms with van der Waals surface area (Å²) in [5.41, 5.74) is 0. The van der Waals surface area contributed by atoms with E-state index >= 15 is 0 Å². The molecule has 1 fully saturated rings. The Bertz CT molecular complexity index is 429. The third-order valence-corrected chi connectivity index (χ3v) is 3.80. The summed E-state index contributed by atoms with van der Waals surface area (Å²) in [7, 11) is 0. The van der Waals surface area contributed by atoms with Crippen molar-refractivity contribution in [1.29, 1.82) is 0 Å². The molecule has 1 amide bonds. The van der Waals surface area contributed by atoms with Gasteiger partial charge in [-0.1, -0.05) is 0 Å². The summed E-state index contributed by atoms with van der Waals surface area (Å²) >= 11 is 0. The molecule has 0 radical (unpaired) electrons. The van der Waals surface area contributed by atoms with Crippen LogP contribution in [-0.2, 0) is 19.1 Å². The maximum atomic E-state index is 12.0. The number of hydrogen-bond acceptors (Lipinski definition) is 6. The Morgan fingerprint density at radius 1 is 1.32 bits per heavy atom. The van der Waals surface area contributed by atoms with E-state index in [4.69, 9.17) is 15.1 Å². The van der Waals surface area contributed by atoms with Gasteiger partial charge in [-0.25, -0.2) is 0 Å². The van der Waals surface area contributed by atoms with Gasteiger partial charge >= 0.3 is 11.9 Å². The summed E-state index contributed by atoms with van der Waals surface area (Å²) in [5, 5.41) is 22.8. The van der Waals surface area contributed by atoms with Crippen molar-refractivity contribution < 1.29 is 29.4 Å². The van der Waals surface area contributed by atoms with Crippen molar-refractivity contribution in [2.24, 2.45) is 22.9 Å². The molecule has 1 atom stereocenters. The first-order valence-corrected chi connectivity index (χ1v) is 7.34. The number of rotatable bonds is 7. The molecule has 22 heavy (non-hydrogen) atoms. The molecule has 1 saturated carbocycles. The topological polar surface area (TPSA) is 125 Å². The van der Waals surface area contributed by atoms with Gasteiger partial charge in [-0.2, -0.15) is 0 Å². The highest BCUT2D eigenvalue weighted by molar-refractivity contribution is 6.10. The van der Waals surface area contributed by atoms with E-state index in [1.54, 1.807) is 6.92 Å². The largest absolute Gasteiger partial charge is 0.481 e. The normalized spacial score (nSPS) is 23.0. The molecule has 0 aromatic carbocycles. The number of hydrogen-bond donors (Lipinski definition) is 3. The molecule has 8 heteroatoms. The molecule has 3 N–H and O–H groups in total. The smallest absolute Gasteiger partial charge is 0.324 e. The molecule has 0 bridgehead atoms. The second-order valence-corrected chi connectivity index (χ2v) is 5.30. The van der Waals surface area contributed by atoms with Crippen molar-refractivity contribution in [1.82, 2.24) is 5.32 Å². The van der Waals surface area contributed by atoms with E-state index in [2.05, 4.69) is 10.5 Å². The van der Waals surface area contributed by atoms with Crippen LogP contribution in [0.2, 0.25) is 0 Å². The van der Waals surface area contributed by atoms with E-state index in [9.17, 15) is 14.4 Å². The average molecular weight is 314 g/mol. The van der Waals surface area contributed by atoms with E-state index < -0.39 is 23.8 Å². The molecule has 0 aromatic heterocycles. The van der Waals surface area contributed by atoms with Crippen molar-refractivity contribution in [2.75, 3.05) is 13.2 Å². The number of carbonyl (C=O) groups is 3. The van der Waals surface area contributed by atoms with E-state index in [-0.39, 0.29) is 18.4 Å². The molecule has 0 aliphatic heterocycles. The zero-order valence-electron chi connectivity index (χ0n) is 12.5. The summed E-state index contributed by atoms with van der Waals surface area (Å²) in [6, 6.07) is 0. The lowest BCUT2D eigenvalue weighted by atomic mass is 9.82. The lowest BCUT2D eigenvalue weighted by molar-refractivity contribution is -0.149. The highest BCUT2D eigenvalue weighted by Gasteiger charge is 2.29. The Kier molecular flexibility index (Phi) is 7.34. The van der Waals surface area contributed by atoms with Crippen LogP contribution in [0, 0.1) is 17.8 Å². The maximum Gasteiger partial charge on any atom is 0.324 e. The summed E-state index contributed by atoms with van der Waals surface area (Å²) in [6.45, 7) is 2.10. The molecule has 1 aliphatic rings. The Morgan fingerprint density at radius 2 is 1.95 bits per heavy atom. The number of nitrogens with one attached hydrogen (secondary N) is 1. The van der Waals surface area contributed by atoms with Gasteiger partial charge in [0.2, 0.25) is 5.91 Å². The lowest BCUT2D eigenvalue weighted by Crippen LogP contribution is -2.40. The van der Waals surface area contributed by atoms with Crippen LogP contribution in [-0.4, -0.2) is 47.5 Å². The van der Waals surface area contributed by atoms with Gasteiger partial charge in [-0.05, 0) is 38.5 Å². The fourth-order valence-electron chi connectivity index (χ4n) is 2.50. The predicted octanol–water partition coefficient (Wildman–Crippen LogP) is 0.633. The number of ether oxygens (including phenoxy) is 1. The third-order valence-electron chi connectivity index (χ3n) is 3.80. The molecule has 1 unspecified atom stereocenters. The second kappa shape index (κ2) is 9.01. The van der Waals surface area contributed by atoms with Crippen molar-refractivity contribution in [3.8, 4) is 0 Å². The standard InChI is InChI=1S/C14H22N2O6/c1-2-22-14(20)11(8-16-21)12(17)15-7-9-3-5-10(6-4-9)13(18)19/h8-11,21H,2-7H2,1H3,(H,15,17)(H,18,19)/b16-8+. The number of carbonyl (C=O) groups excluding carboxylic acids is 2. The van der Waals surface area contributed by atoms with Crippen molar-refractivity contribution in [3.05, 3.63) is 0 Å². The third kappa shape index (κ3) is 5.34. The number of aliphatic carboxylic acids is 1. The summed E-state index contributed by atoms with van der Waals surface area (Å²) < 4.78 is 4.74. The predicted molar refractivity (Wildman–Crippen MR) is 76.5 cm³/mol. The summed E-state index contributed by atoms with van der Waals surface area (Å²) in [5.74, 6) is -3.53. The SMILES string of the molecule is CCOC(=O)C(/C=N/O)C(=O)NCC1CCC(C(=O)O)CC1. The minimum atomic E-state index is -1.28. The van der Waals surface area contributed by atoms with Gasteiger partial charge in [0.1, 0.15) is 0 Å². The van der Waals surface area contributed by atoms with Crippen LogP contribution in [0.4, 0.5) is 0 Å². The van der Waals surface area contributed by atoms with E-state index in [1.807, 2.05) is 0 Å². The number of esters is 1. The highest BCUT2D eigenvalue weighted by atomic mass is 16.5. The van der Waals surface area contributed by atoms with Gasteiger partial charge in [0.15, 0.2) is 5.92 Å². The Balaban J connectivity index is 2.44. The number of amides is 1. The molecule has 0 saturated heterocycles. The first-order valence-electron chi connectivity index (χ1n) is 7.34. The second-order valence-electron chi connectivity index (χ2n) is 5.30. The molecule has 1 aliphatic carbocycles. The van der Waals surface area contributed by atoms with Gasteiger partial charge in [0.25, 0.3) is 0 Å². The molecule has 1 rings (SSSR count). The summed E-state index contributed by atoms with van der Waals surface area (Å²) in [4.78, 5) is 34.4. The molecule has 8 nitrogen and oxygen atoms in total. The minimum Gasteiger partial charge on any atom is -0.481 e. The van der Waals surface area contributed by atoms with Crippen LogP contribution in [0.25, 0.3) is 0 Å². The summed E-state index contributed by atoms with van der Waals surface area (Å²) in [6.07, 6.45) is 3.45. The first kappa shape index (κ1) is 17.9. The van der Waals surface area contributed by atoms with Crippen molar-refractivity contribution in [2.45, 2.75) is 32.6 Å². The van der Waals surface area contributed by atoms with E-state index in [0.29, 0.717) is 19.4 Å². The quantitative estimate of drug-likeness (QED) is 0.208.